The van der Waals surface area contributed by atoms with E-state index in [9.17, 15) is 18.0 Å². The van der Waals surface area contributed by atoms with Crippen molar-refractivity contribution < 1.29 is 22.7 Å². The number of carbonyl (C=O) groups excluding carboxylic acids is 1. The van der Waals surface area contributed by atoms with Crippen molar-refractivity contribution in [1.82, 2.24) is 9.78 Å². The highest BCUT2D eigenvalue weighted by Crippen LogP contribution is 2.37. The molecule has 0 N–H and O–H groups in total. The number of fused-ring (bicyclic) bond motifs is 1. The molecule has 5 rings (SSSR count). The average molecular weight is 622 g/mol. The standard InChI is InChI=1S/C35H42F3N5O2/c1-5-42(21-24-10-12-26(13-11-24)34(44)45-4)32-19-28-9-7-6-8-27(28)18-29(32)23-43(33-14-15-41(3)40-33)22-25-16-30(35(36,37)38)20-31(17-25)39-2/h14-20,24,26H,5-13,21-23H2,1,3-4H3/t24-,26-. The number of rotatable bonds is 10. The van der Waals surface area contributed by atoms with Gasteiger partial charge in [0.2, 0.25) is 0 Å². The molecule has 2 aliphatic rings. The van der Waals surface area contributed by atoms with Crippen LogP contribution in [0.5, 0.6) is 0 Å². The molecule has 0 bridgehead atoms. The lowest BCUT2D eigenvalue weighted by molar-refractivity contribution is -0.146. The minimum absolute atomic E-state index is 0.0215. The van der Waals surface area contributed by atoms with Crippen molar-refractivity contribution in [3.8, 4) is 0 Å². The largest absolute Gasteiger partial charge is 0.469 e. The van der Waals surface area contributed by atoms with E-state index in [0.29, 0.717) is 23.8 Å². The monoisotopic (exact) mass is 621 g/mol. The second-order valence-corrected chi connectivity index (χ2v) is 12.4. The predicted octanol–water partition coefficient (Wildman–Crippen LogP) is 7.88. The lowest BCUT2D eigenvalue weighted by Gasteiger charge is -2.35. The summed E-state index contributed by atoms with van der Waals surface area (Å²) in [4.78, 5) is 19.9. The van der Waals surface area contributed by atoms with E-state index in [0.717, 1.165) is 87.8 Å². The van der Waals surface area contributed by atoms with Crippen LogP contribution in [0.3, 0.4) is 0 Å². The van der Waals surface area contributed by atoms with Gasteiger partial charge in [0, 0.05) is 56.7 Å². The summed E-state index contributed by atoms with van der Waals surface area (Å²) >= 11 is 0. The van der Waals surface area contributed by atoms with Gasteiger partial charge in [-0.1, -0.05) is 12.1 Å². The number of nitrogens with zero attached hydrogens (tertiary/aromatic N) is 5. The number of carbonyl (C=O) groups is 1. The van der Waals surface area contributed by atoms with Crippen LogP contribution in [-0.2, 0) is 48.7 Å². The number of ether oxygens (including phenoxy) is 1. The van der Waals surface area contributed by atoms with Crippen LogP contribution >= 0.6 is 0 Å². The smallest absolute Gasteiger partial charge is 0.415 e. The Morgan fingerprint density at radius 2 is 1.76 bits per heavy atom. The maximum absolute atomic E-state index is 13.7. The van der Waals surface area contributed by atoms with E-state index in [1.54, 1.807) is 4.68 Å². The summed E-state index contributed by atoms with van der Waals surface area (Å²) in [5.74, 6) is 0.981. The van der Waals surface area contributed by atoms with Crippen LogP contribution in [0.1, 0.15) is 73.3 Å². The third-order valence-electron chi connectivity index (χ3n) is 9.32. The third kappa shape index (κ3) is 7.81. The van der Waals surface area contributed by atoms with Crippen LogP contribution in [0.15, 0.2) is 42.6 Å². The first-order valence-corrected chi connectivity index (χ1v) is 15.9. The summed E-state index contributed by atoms with van der Waals surface area (Å²) in [5.41, 5.74) is 4.54. The van der Waals surface area contributed by atoms with E-state index in [4.69, 9.17) is 11.3 Å². The quantitative estimate of drug-likeness (QED) is 0.170. The molecular formula is C35H42F3N5O2. The van der Waals surface area contributed by atoms with Crippen LogP contribution in [0.4, 0.5) is 30.4 Å². The number of hydrogen-bond acceptors (Lipinski definition) is 5. The van der Waals surface area contributed by atoms with Gasteiger partial charge in [0.25, 0.3) is 0 Å². The maximum atomic E-state index is 13.7. The Hall–Kier alpha value is -4.00. The topological polar surface area (TPSA) is 55.0 Å². The molecular weight excluding hydrogens is 579 g/mol. The Kier molecular flexibility index (Phi) is 10.1. The fourth-order valence-corrected chi connectivity index (χ4v) is 6.91. The summed E-state index contributed by atoms with van der Waals surface area (Å²) in [6.45, 7) is 11.9. The van der Waals surface area contributed by atoms with Crippen molar-refractivity contribution in [1.29, 1.82) is 0 Å². The van der Waals surface area contributed by atoms with E-state index < -0.39 is 11.7 Å². The molecule has 0 aliphatic heterocycles. The number of benzene rings is 2. The van der Waals surface area contributed by atoms with Gasteiger partial charge in [-0.3, -0.25) is 9.48 Å². The zero-order valence-corrected chi connectivity index (χ0v) is 26.4. The summed E-state index contributed by atoms with van der Waals surface area (Å²) in [6.07, 6.45) is 5.24. The molecule has 2 aromatic carbocycles. The van der Waals surface area contributed by atoms with Gasteiger partial charge in [-0.25, -0.2) is 4.85 Å². The van der Waals surface area contributed by atoms with Gasteiger partial charge < -0.3 is 14.5 Å². The maximum Gasteiger partial charge on any atom is 0.415 e. The summed E-state index contributed by atoms with van der Waals surface area (Å²) in [5, 5.41) is 4.63. The lowest BCUT2D eigenvalue weighted by Crippen LogP contribution is -2.34. The Morgan fingerprint density at radius 3 is 2.36 bits per heavy atom. The van der Waals surface area contributed by atoms with E-state index in [-0.39, 0.29) is 24.1 Å². The molecule has 240 valence electrons. The number of aromatic nitrogens is 2. The molecule has 7 nitrogen and oxygen atoms in total. The van der Waals surface area contributed by atoms with Gasteiger partial charge in [0.15, 0.2) is 11.5 Å². The van der Waals surface area contributed by atoms with Crippen molar-refractivity contribution in [2.24, 2.45) is 18.9 Å². The van der Waals surface area contributed by atoms with E-state index in [1.165, 1.54) is 24.3 Å². The fourth-order valence-electron chi connectivity index (χ4n) is 6.91. The molecule has 0 spiro atoms. The number of esters is 1. The van der Waals surface area contributed by atoms with Crippen molar-refractivity contribution in [2.75, 3.05) is 30.0 Å². The van der Waals surface area contributed by atoms with Gasteiger partial charge in [-0.15, -0.1) is 0 Å². The van der Waals surface area contributed by atoms with E-state index in [2.05, 4.69) is 33.9 Å². The Balaban J connectivity index is 1.48. The number of alkyl halides is 3. The van der Waals surface area contributed by atoms with E-state index in [1.807, 2.05) is 24.2 Å². The normalized spacial score (nSPS) is 18.2. The number of methoxy groups -OCH3 is 1. The second kappa shape index (κ2) is 14.0. The van der Waals surface area contributed by atoms with Gasteiger partial charge in [-0.2, -0.15) is 18.3 Å². The predicted molar refractivity (Wildman–Crippen MR) is 169 cm³/mol. The van der Waals surface area contributed by atoms with Crippen LogP contribution in [0.2, 0.25) is 0 Å². The molecule has 0 radical (unpaired) electrons. The molecule has 1 heterocycles. The molecule has 0 atom stereocenters. The van der Waals surface area contributed by atoms with Crippen molar-refractivity contribution in [3.63, 3.8) is 0 Å². The van der Waals surface area contributed by atoms with Crippen molar-refractivity contribution in [2.45, 2.75) is 77.6 Å². The summed E-state index contributed by atoms with van der Waals surface area (Å²) in [7, 11) is 3.27. The first kappa shape index (κ1) is 32.4. The Bertz CT molecular complexity index is 1530. The van der Waals surface area contributed by atoms with E-state index >= 15 is 0 Å². The number of hydrogen-bond donors (Lipinski definition) is 0. The molecule has 1 saturated carbocycles. The minimum Gasteiger partial charge on any atom is -0.469 e. The molecule has 1 fully saturated rings. The molecule has 0 amide bonds. The second-order valence-electron chi connectivity index (χ2n) is 12.4. The molecule has 0 saturated heterocycles. The Labute approximate surface area is 263 Å². The molecule has 1 aromatic heterocycles. The highest BCUT2D eigenvalue weighted by atomic mass is 19.4. The zero-order valence-electron chi connectivity index (χ0n) is 26.4. The zero-order chi connectivity index (χ0) is 32.1. The van der Waals surface area contributed by atoms with Crippen LogP contribution in [0, 0.1) is 18.4 Å². The average Bonchev–Trinajstić information content (AvgIpc) is 3.48. The van der Waals surface area contributed by atoms with Crippen LogP contribution in [-0.4, -0.2) is 35.9 Å². The Morgan fingerprint density at radius 1 is 1.04 bits per heavy atom. The first-order valence-electron chi connectivity index (χ1n) is 15.9. The first-order chi connectivity index (χ1) is 21.6. The molecule has 3 aromatic rings. The van der Waals surface area contributed by atoms with Gasteiger partial charge in [0.1, 0.15) is 0 Å². The van der Waals surface area contributed by atoms with Gasteiger partial charge in [-0.05, 0) is 105 Å². The van der Waals surface area contributed by atoms with Crippen molar-refractivity contribution in [3.05, 3.63) is 81.8 Å². The molecule has 2 aliphatic carbocycles. The van der Waals surface area contributed by atoms with Crippen LogP contribution < -0.4 is 9.80 Å². The highest BCUT2D eigenvalue weighted by molar-refractivity contribution is 5.72. The third-order valence-corrected chi connectivity index (χ3v) is 9.32. The molecule has 45 heavy (non-hydrogen) atoms. The molecule has 0 unspecified atom stereocenters. The number of aryl methyl sites for hydroxylation is 3. The number of anilines is 2. The minimum atomic E-state index is -4.55. The SMILES string of the molecule is [C-]#[N+]c1cc(CN(Cc2cc3c(cc2N(CC)C[C@H]2CC[C@H](C(=O)OC)CC2)CCCC3)c2ccn(C)n2)cc(C(F)(F)F)c1. The number of halogens is 3. The van der Waals surface area contributed by atoms with Crippen molar-refractivity contribution >= 4 is 23.2 Å². The van der Waals surface area contributed by atoms with Crippen LogP contribution in [0.25, 0.3) is 4.85 Å². The highest BCUT2D eigenvalue weighted by Gasteiger charge is 2.32. The fraction of sp³-hybridized carbons (Fsp3) is 0.514. The lowest BCUT2D eigenvalue weighted by atomic mass is 9.81. The summed E-state index contributed by atoms with van der Waals surface area (Å²) in [6, 6.07) is 10.1. The molecule has 10 heteroatoms. The summed E-state index contributed by atoms with van der Waals surface area (Å²) < 4.78 is 47.9. The van der Waals surface area contributed by atoms with Gasteiger partial charge >= 0.3 is 12.1 Å². The van der Waals surface area contributed by atoms with Gasteiger partial charge in [0.05, 0.1) is 19.6 Å².